The topological polar surface area (TPSA) is 40.7 Å². The summed E-state index contributed by atoms with van der Waals surface area (Å²) < 4.78 is 0. The van der Waals surface area contributed by atoms with E-state index in [1.807, 2.05) is 13.2 Å². The molecule has 1 unspecified atom stereocenters. The molecule has 0 aromatic carbocycles. The summed E-state index contributed by atoms with van der Waals surface area (Å²) in [5.41, 5.74) is 1.41. The molecule has 2 aromatic heterocycles. The quantitative estimate of drug-likeness (QED) is 0.813. The van der Waals surface area contributed by atoms with Gasteiger partial charge < -0.3 is 10.3 Å². The zero-order valence-electron chi connectivity index (χ0n) is 8.73. The number of nitrogens with zero attached hydrogens (tertiary/aromatic N) is 1. The van der Waals surface area contributed by atoms with Gasteiger partial charge in [0.2, 0.25) is 0 Å². The Labute approximate surface area is 93.6 Å². The van der Waals surface area contributed by atoms with Crippen molar-refractivity contribution in [1.29, 1.82) is 0 Å². The summed E-state index contributed by atoms with van der Waals surface area (Å²) in [6.45, 7) is 0. The van der Waals surface area contributed by atoms with Crippen molar-refractivity contribution in [1.82, 2.24) is 15.3 Å². The average molecular weight is 221 g/mol. The van der Waals surface area contributed by atoms with Crippen molar-refractivity contribution in [3.05, 3.63) is 40.6 Å². The van der Waals surface area contributed by atoms with Crippen molar-refractivity contribution in [2.45, 2.75) is 18.9 Å². The number of rotatable bonds is 5. The van der Waals surface area contributed by atoms with Crippen LogP contribution in [0.1, 0.15) is 23.9 Å². The third kappa shape index (κ3) is 2.67. The van der Waals surface area contributed by atoms with E-state index in [0.717, 1.165) is 18.7 Å². The molecule has 2 aromatic rings. The molecule has 4 heteroatoms. The maximum atomic E-state index is 4.27. The van der Waals surface area contributed by atoms with E-state index >= 15 is 0 Å². The SMILES string of the molecule is CNC(CCc1ccsc1)c1ncc[nH]1. The number of H-pyrrole nitrogens is 1. The minimum atomic E-state index is 0.319. The van der Waals surface area contributed by atoms with Gasteiger partial charge in [0.1, 0.15) is 5.82 Å². The van der Waals surface area contributed by atoms with Gasteiger partial charge in [0.15, 0.2) is 0 Å². The molecule has 0 radical (unpaired) electrons. The molecule has 0 spiro atoms. The fraction of sp³-hybridized carbons (Fsp3) is 0.364. The van der Waals surface area contributed by atoms with Gasteiger partial charge in [0.05, 0.1) is 6.04 Å². The van der Waals surface area contributed by atoms with Crippen LogP contribution in [0.3, 0.4) is 0 Å². The van der Waals surface area contributed by atoms with Gasteiger partial charge in [-0.05, 0) is 42.3 Å². The molecule has 2 heterocycles. The smallest absolute Gasteiger partial charge is 0.123 e. The Morgan fingerprint density at radius 1 is 1.60 bits per heavy atom. The van der Waals surface area contributed by atoms with Gasteiger partial charge in [-0.2, -0.15) is 11.3 Å². The fourth-order valence-corrected chi connectivity index (χ4v) is 2.33. The van der Waals surface area contributed by atoms with Crippen LogP contribution in [-0.2, 0) is 6.42 Å². The summed E-state index contributed by atoms with van der Waals surface area (Å²) in [4.78, 5) is 7.42. The summed E-state index contributed by atoms with van der Waals surface area (Å²) in [7, 11) is 1.97. The number of nitrogens with one attached hydrogen (secondary N) is 2. The van der Waals surface area contributed by atoms with E-state index < -0.39 is 0 Å². The molecular weight excluding hydrogens is 206 g/mol. The Morgan fingerprint density at radius 3 is 3.13 bits per heavy atom. The van der Waals surface area contributed by atoms with Gasteiger partial charge >= 0.3 is 0 Å². The van der Waals surface area contributed by atoms with Crippen LogP contribution in [0.5, 0.6) is 0 Å². The number of thiophene rings is 1. The molecule has 15 heavy (non-hydrogen) atoms. The monoisotopic (exact) mass is 221 g/mol. The Balaban J connectivity index is 1.92. The molecule has 1 atom stereocenters. The van der Waals surface area contributed by atoms with E-state index in [-0.39, 0.29) is 0 Å². The van der Waals surface area contributed by atoms with Crippen molar-refractivity contribution in [3.63, 3.8) is 0 Å². The second-order valence-corrected chi connectivity index (χ2v) is 4.27. The van der Waals surface area contributed by atoms with Crippen molar-refractivity contribution >= 4 is 11.3 Å². The van der Waals surface area contributed by atoms with Crippen molar-refractivity contribution in [2.24, 2.45) is 0 Å². The van der Waals surface area contributed by atoms with E-state index in [1.165, 1.54) is 5.56 Å². The third-order valence-electron chi connectivity index (χ3n) is 2.50. The summed E-state index contributed by atoms with van der Waals surface area (Å²) in [5, 5.41) is 7.60. The van der Waals surface area contributed by atoms with Crippen LogP contribution >= 0.6 is 11.3 Å². The van der Waals surface area contributed by atoms with Crippen molar-refractivity contribution in [2.75, 3.05) is 7.05 Å². The molecule has 0 amide bonds. The maximum Gasteiger partial charge on any atom is 0.123 e. The van der Waals surface area contributed by atoms with Crippen LogP contribution in [0.2, 0.25) is 0 Å². The summed E-state index contributed by atoms with van der Waals surface area (Å²) in [5.74, 6) is 1.02. The van der Waals surface area contributed by atoms with Gasteiger partial charge in [0, 0.05) is 12.4 Å². The second-order valence-electron chi connectivity index (χ2n) is 3.49. The predicted octanol–water partition coefficient (Wildman–Crippen LogP) is 2.36. The molecule has 2 rings (SSSR count). The zero-order valence-corrected chi connectivity index (χ0v) is 9.55. The van der Waals surface area contributed by atoms with Crippen LogP contribution in [0.4, 0.5) is 0 Å². The van der Waals surface area contributed by atoms with E-state index in [2.05, 4.69) is 32.1 Å². The Hall–Kier alpha value is -1.13. The van der Waals surface area contributed by atoms with E-state index in [1.54, 1.807) is 17.5 Å². The Bertz CT molecular complexity index is 366. The molecule has 2 N–H and O–H groups in total. The van der Waals surface area contributed by atoms with E-state index in [4.69, 9.17) is 0 Å². The van der Waals surface area contributed by atoms with Crippen LogP contribution in [0.15, 0.2) is 29.2 Å². The number of aryl methyl sites for hydroxylation is 1. The standard InChI is InChI=1S/C11H15N3S/c1-12-10(11-13-5-6-14-11)3-2-9-4-7-15-8-9/h4-8,10,12H,2-3H2,1H3,(H,13,14). The molecule has 0 aliphatic rings. The Morgan fingerprint density at radius 2 is 2.53 bits per heavy atom. The highest BCUT2D eigenvalue weighted by atomic mass is 32.1. The molecule has 0 aliphatic heterocycles. The number of imidazole rings is 1. The zero-order chi connectivity index (χ0) is 10.5. The van der Waals surface area contributed by atoms with Gasteiger partial charge in [-0.1, -0.05) is 0 Å². The molecule has 0 saturated carbocycles. The molecule has 0 aliphatic carbocycles. The first-order valence-corrected chi connectivity index (χ1v) is 6.02. The van der Waals surface area contributed by atoms with Crippen LogP contribution in [0, 0.1) is 0 Å². The summed E-state index contributed by atoms with van der Waals surface area (Å²) in [6.07, 6.45) is 5.82. The first-order chi connectivity index (χ1) is 7.40. The van der Waals surface area contributed by atoms with Crippen molar-refractivity contribution < 1.29 is 0 Å². The lowest BCUT2D eigenvalue weighted by atomic mass is 10.1. The molecular formula is C11H15N3S. The minimum Gasteiger partial charge on any atom is -0.347 e. The summed E-state index contributed by atoms with van der Waals surface area (Å²) in [6, 6.07) is 2.50. The number of hydrogen-bond acceptors (Lipinski definition) is 3. The highest BCUT2D eigenvalue weighted by Gasteiger charge is 2.10. The van der Waals surface area contributed by atoms with Crippen LogP contribution in [-0.4, -0.2) is 17.0 Å². The van der Waals surface area contributed by atoms with E-state index in [0.29, 0.717) is 6.04 Å². The highest BCUT2D eigenvalue weighted by molar-refractivity contribution is 7.07. The number of aromatic nitrogens is 2. The van der Waals surface area contributed by atoms with E-state index in [9.17, 15) is 0 Å². The molecule has 80 valence electrons. The summed E-state index contributed by atoms with van der Waals surface area (Å²) >= 11 is 1.75. The third-order valence-corrected chi connectivity index (χ3v) is 3.23. The average Bonchev–Trinajstić information content (AvgIpc) is 2.90. The lowest BCUT2D eigenvalue weighted by Crippen LogP contribution is -2.18. The highest BCUT2D eigenvalue weighted by Crippen LogP contribution is 2.16. The second kappa shape index (κ2) is 5.09. The largest absolute Gasteiger partial charge is 0.347 e. The number of aromatic amines is 1. The Kier molecular flexibility index (Phi) is 3.53. The first kappa shape index (κ1) is 10.4. The normalized spacial score (nSPS) is 12.9. The van der Waals surface area contributed by atoms with Crippen LogP contribution in [0.25, 0.3) is 0 Å². The maximum absolute atomic E-state index is 4.27. The minimum absolute atomic E-state index is 0.319. The molecule has 0 bridgehead atoms. The number of hydrogen-bond donors (Lipinski definition) is 2. The molecule has 3 nitrogen and oxygen atoms in total. The lowest BCUT2D eigenvalue weighted by Gasteiger charge is -2.12. The predicted molar refractivity (Wildman–Crippen MR) is 63.0 cm³/mol. The fourth-order valence-electron chi connectivity index (χ4n) is 1.63. The van der Waals surface area contributed by atoms with Crippen molar-refractivity contribution in [3.8, 4) is 0 Å². The molecule has 0 saturated heterocycles. The van der Waals surface area contributed by atoms with Gasteiger partial charge in [0.25, 0.3) is 0 Å². The first-order valence-electron chi connectivity index (χ1n) is 5.08. The van der Waals surface area contributed by atoms with Crippen LogP contribution < -0.4 is 5.32 Å². The van der Waals surface area contributed by atoms with Gasteiger partial charge in [-0.3, -0.25) is 0 Å². The lowest BCUT2D eigenvalue weighted by molar-refractivity contribution is 0.525. The van der Waals surface area contributed by atoms with Gasteiger partial charge in [-0.25, -0.2) is 4.98 Å². The van der Waals surface area contributed by atoms with Gasteiger partial charge in [-0.15, -0.1) is 0 Å². The molecule has 0 fully saturated rings.